The molecule has 22 heavy (non-hydrogen) atoms. The summed E-state index contributed by atoms with van der Waals surface area (Å²) in [6.45, 7) is 0.395. The molecule has 3 aromatic rings. The number of tetrazole rings is 1. The number of amides is 1. The molecule has 1 aromatic carbocycles. The molecule has 0 aliphatic carbocycles. The lowest BCUT2D eigenvalue weighted by Gasteiger charge is -2.03. The van der Waals surface area contributed by atoms with Gasteiger partial charge in [0.2, 0.25) is 11.7 Å². The molecule has 0 bridgehead atoms. The zero-order valence-corrected chi connectivity index (χ0v) is 11.8. The van der Waals surface area contributed by atoms with Crippen molar-refractivity contribution < 1.29 is 4.79 Å². The van der Waals surface area contributed by atoms with Crippen LogP contribution < -0.4 is 5.32 Å². The maximum Gasteiger partial charge on any atom is 0.243 e. The molecule has 0 radical (unpaired) electrons. The quantitative estimate of drug-likeness (QED) is 0.760. The Hall–Kier alpha value is -3.09. The van der Waals surface area contributed by atoms with Crippen LogP contribution in [0.4, 0.5) is 0 Å². The Bertz CT molecular complexity index is 741. The van der Waals surface area contributed by atoms with Crippen molar-refractivity contribution in [3.63, 3.8) is 0 Å². The lowest BCUT2D eigenvalue weighted by molar-refractivity contribution is -0.122. The summed E-state index contributed by atoms with van der Waals surface area (Å²) >= 11 is 0. The number of benzene rings is 1. The molecule has 2 aromatic heterocycles. The van der Waals surface area contributed by atoms with Crippen LogP contribution in [0.15, 0.2) is 54.7 Å². The Morgan fingerprint density at radius 1 is 1.09 bits per heavy atom. The van der Waals surface area contributed by atoms with E-state index in [-0.39, 0.29) is 12.5 Å². The van der Waals surface area contributed by atoms with E-state index in [0.29, 0.717) is 12.4 Å². The van der Waals surface area contributed by atoms with E-state index in [0.717, 1.165) is 11.3 Å². The van der Waals surface area contributed by atoms with Gasteiger partial charge in [-0.3, -0.25) is 9.78 Å². The largest absolute Gasteiger partial charge is 0.349 e. The second kappa shape index (κ2) is 6.57. The molecule has 0 saturated carbocycles. The molecular formula is C15H14N6O. The molecule has 110 valence electrons. The first-order valence-corrected chi connectivity index (χ1v) is 6.81. The zero-order chi connectivity index (χ0) is 15.2. The van der Waals surface area contributed by atoms with Gasteiger partial charge in [-0.05, 0) is 17.3 Å². The van der Waals surface area contributed by atoms with Gasteiger partial charge in [-0.25, -0.2) is 0 Å². The lowest BCUT2D eigenvalue weighted by Crippen LogP contribution is -2.28. The standard InChI is InChI=1S/C15H14N6O/c22-14(17-10-13-8-4-5-9-16-13)11-21-19-15(18-20-21)12-6-2-1-3-7-12/h1-9H,10-11H2,(H,17,22). The Morgan fingerprint density at radius 3 is 2.68 bits per heavy atom. The van der Waals surface area contributed by atoms with Crippen molar-refractivity contribution in [3.8, 4) is 11.4 Å². The minimum absolute atomic E-state index is 0.0205. The van der Waals surface area contributed by atoms with E-state index in [1.165, 1.54) is 4.80 Å². The van der Waals surface area contributed by atoms with E-state index in [9.17, 15) is 4.79 Å². The van der Waals surface area contributed by atoms with Gasteiger partial charge in [0.05, 0.1) is 12.2 Å². The summed E-state index contributed by atoms with van der Waals surface area (Å²) in [7, 11) is 0. The molecule has 0 spiro atoms. The fourth-order valence-corrected chi connectivity index (χ4v) is 1.89. The summed E-state index contributed by atoms with van der Waals surface area (Å²) in [5.41, 5.74) is 1.66. The van der Waals surface area contributed by atoms with E-state index in [4.69, 9.17) is 0 Å². The second-order valence-corrected chi connectivity index (χ2v) is 4.61. The van der Waals surface area contributed by atoms with Gasteiger partial charge in [0.1, 0.15) is 6.54 Å². The third-order valence-electron chi connectivity index (χ3n) is 2.96. The first-order valence-electron chi connectivity index (χ1n) is 6.81. The highest BCUT2D eigenvalue weighted by Gasteiger charge is 2.08. The summed E-state index contributed by atoms with van der Waals surface area (Å²) in [6.07, 6.45) is 1.69. The maximum atomic E-state index is 11.9. The summed E-state index contributed by atoms with van der Waals surface area (Å²) in [4.78, 5) is 17.3. The van der Waals surface area contributed by atoms with Crippen LogP contribution in [0.25, 0.3) is 11.4 Å². The van der Waals surface area contributed by atoms with Gasteiger partial charge in [0, 0.05) is 11.8 Å². The number of carbonyl (C=O) groups is 1. The fraction of sp³-hybridized carbons (Fsp3) is 0.133. The second-order valence-electron chi connectivity index (χ2n) is 4.61. The van der Waals surface area contributed by atoms with Crippen molar-refractivity contribution in [1.82, 2.24) is 30.5 Å². The molecule has 0 saturated heterocycles. The smallest absolute Gasteiger partial charge is 0.243 e. The highest BCUT2D eigenvalue weighted by Crippen LogP contribution is 2.11. The number of pyridine rings is 1. The number of nitrogens with one attached hydrogen (secondary N) is 1. The highest BCUT2D eigenvalue weighted by atomic mass is 16.2. The first-order chi connectivity index (χ1) is 10.8. The monoisotopic (exact) mass is 294 g/mol. The first kappa shape index (κ1) is 13.9. The van der Waals surface area contributed by atoms with Gasteiger partial charge >= 0.3 is 0 Å². The third kappa shape index (κ3) is 3.51. The van der Waals surface area contributed by atoms with Crippen LogP contribution in [0.2, 0.25) is 0 Å². The van der Waals surface area contributed by atoms with Crippen LogP contribution in [0.1, 0.15) is 5.69 Å². The SMILES string of the molecule is O=C(Cn1nnc(-c2ccccc2)n1)NCc1ccccn1. The summed E-state index contributed by atoms with van der Waals surface area (Å²) < 4.78 is 0. The van der Waals surface area contributed by atoms with Crippen LogP contribution >= 0.6 is 0 Å². The fourth-order valence-electron chi connectivity index (χ4n) is 1.89. The van der Waals surface area contributed by atoms with Crippen LogP contribution in [0, 0.1) is 0 Å². The minimum Gasteiger partial charge on any atom is -0.349 e. The van der Waals surface area contributed by atoms with Crippen LogP contribution in [-0.2, 0) is 17.9 Å². The van der Waals surface area contributed by atoms with E-state index >= 15 is 0 Å². The Morgan fingerprint density at radius 2 is 1.91 bits per heavy atom. The van der Waals surface area contributed by atoms with Gasteiger partial charge in [0.15, 0.2) is 0 Å². The Kier molecular flexibility index (Phi) is 4.15. The molecule has 3 rings (SSSR count). The average Bonchev–Trinajstić information content (AvgIpc) is 3.03. The zero-order valence-electron chi connectivity index (χ0n) is 11.8. The van der Waals surface area contributed by atoms with Crippen molar-refractivity contribution in [1.29, 1.82) is 0 Å². The molecule has 1 N–H and O–H groups in total. The molecule has 1 amide bonds. The molecule has 0 atom stereocenters. The van der Waals surface area contributed by atoms with Crippen LogP contribution in [-0.4, -0.2) is 31.1 Å². The van der Waals surface area contributed by atoms with E-state index in [2.05, 4.69) is 25.7 Å². The summed E-state index contributed by atoms with van der Waals surface area (Å²) in [5.74, 6) is 0.306. The molecule has 0 unspecified atom stereocenters. The lowest BCUT2D eigenvalue weighted by atomic mass is 10.2. The number of hydrogen-bond acceptors (Lipinski definition) is 5. The van der Waals surface area contributed by atoms with Gasteiger partial charge in [-0.2, -0.15) is 4.80 Å². The van der Waals surface area contributed by atoms with E-state index < -0.39 is 0 Å². The average molecular weight is 294 g/mol. The number of hydrogen-bond donors (Lipinski definition) is 1. The molecule has 2 heterocycles. The number of nitrogens with zero attached hydrogens (tertiary/aromatic N) is 5. The maximum absolute atomic E-state index is 11.9. The van der Waals surface area contributed by atoms with E-state index in [1.807, 2.05) is 48.5 Å². The predicted octanol–water partition coefficient (Wildman–Crippen LogP) is 1.05. The van der Waals surface area contributed by atoms with Crippen molar-refractivity contribution in [2.75, 3.05) is 0 Å². The predicted molar refractivity (Wildman–Crippen MR) is 79.3 cm³/mol. The molecular weight excluding hydrogens is 280 g/mol. The third-order valence-corrected chi connectivity index (χ3v) is 2.96. The molecule has 0 fully saturated rings. The topological polar surface area (TPSA) is 85.6 Å². The summed E-state index contributed by atoms with van der Waals surface area (Å²) in [6, 6.07) is 15.0. The van der Waals surface area contributed by atoms with Crippen molar-refractivity contribution in [2.45, 2.75) is 13.1 Å². The number of rotatable bonds is 5. The molecule has 7 nitrogen and oxygen atoms in total. The Labute approximate surface area is 127 Å². The number of aromatic nitrogens is 5. The van der Waals surface area contributed by atoms with Gasteiger partial charge in [0.25, 0.3) is 0 Å². The molecule has 0 aliphatic heterocycles. The summed E-state index contributed by atoms with van der Waals surface area (Å²) in [5, 5.41) is 14.8. The number of carbonyl (C=O) groups excluding carboxylic acids is 1. The van der Waals surface area contributed by atoms with Crippen molar-refractivity contribution in [3.05, 3.63) is 60.4 Å². The Balaban J connectivity index is 1.57. The van der Waals surface area contributed by atoms with Crippen molar-refractivity contribution >= 4 is 5.91 Å². The van der Waals surface area contributed by atoms with E-state index in [1.54, 1.807) is 6.20 Å². The van der Waals surface area contributed by atoms with Crippen molar-refractivity contribution in [2.24, 2.45) is 0 Å². The van der Waals surface area contributed by atoms with Gasteiger partial charge < -0.3 is 5.32 Å². The minimum atomic E-state index is -0.192. The van der Waals surface area contributed by atoms with Crippen LogP contribution in [0.3, 0.4) is 0 Å². The van der Waals surface area contributed by atoms with Crippen LogP contribution in [0.5, 0.6) is 0 Å². The van der Waals surface area contributed by atoms with Gasteiger partial charge in [-0.15, -0.1) is 10.2 Å². The van der Waals surface area contributed by atoms with Gasteiger partial charge in [-0.1, -0.05) is 36.4 Å². The normalized spacial score (nSPS) is 10.4. The highest BCUT2D eigenvalue weighted by molar-refractivity contribution is 5.75. The molecule has 0 aliphatic rings. The molecule has 7 heteroatoms.